The van der Waals surface area contributed by atoms with Crippen molar-refractivity contribution in [1.82, 2.24) is 5.32 Å². The Morgan fingerprint density at radius 2 is 1.74 bits per heavy atom. The summed E-state index contributed by atoms with van der Waals surface area (Å²) in [6.07, 6.45) is 0.208. The Hall–Kier alpha value is -3.34. The summed E-state index contributed by atoms with van der Waals surface area (Å²) >= 11 is 0. The summed E-state index contributed by atoms with van der Waals surface area (Å²) in [5, 5.41) is 14.3. The smallest absolute Gasteiger partial charge is 0.142 e. The van der Waals surface area contributed by atoms with Crippen LogP contribution in [0.1, 0.15) is 23.5 Å². The van der Waals surface area contributed by atoms with Crippen LogP contribution in [0.5, 0.6) is 23.0 Å². The van der Waals surface area contributed by atoms with Crippen LogP contribution >= 0.6 is 0 Å². The number of anilines is 1. The van der Waals surface area contributed by atoms with E-state index in [4.69, 9.17) is 28.4 Å². The molecule has 2 aliphatic heterocycles. The predicted octanol–water partition coefficient (Wildman–Crippen LogP) is 4.37. The fourth-order valence-electron chi connectivity index (χ4n) is 5.48. The van der Waals surface area contributed by atoms with Crippen LogP contribution in [0.25, 0.3) is 0 Å². The molecular weight excluding hydrogens is 536 g/mol. The number of nitrogens with zero attached hydrogens (tertiary/aromatic N) is 1. The second-order valence-electron chi connectivity index (χ2n) is 10.6. The molecule has 1 fully saturated rings. The highest BCUT2D eigenvalue weighted by atomic mass is 16.5. The first-order chi connectivity index (χ1) is 20.6. The lowest BCUT2D eigenvalue weighted by molar-refractivity contribution is -0.0328. The van der Waals surface area contributed by atoms with Crippen molar-refractivity contribution in [2.75, 3.05) is 71.7 Å². The fourth-order valence-corrected chi connectivity index (χ4v) is 5.48. The maximum atomic E-state index is 11.0. The second kappa shape index (κ2) is 15.2. The molecule has 9 nitrogen and oxygen atoms in total. The van der Waals surface area contributed by atoms with E-state index in [0.29, 0.717) is 51.0 Å². The van der Waals surface area contributed by atoms with Crippen molar-refractivity contribution in [3.05, 3.63) is 77.9 Å². The first-order valence-corrected chi connectivity index (χ1v) is 14.6. The minimum atomic E-state index is -0.565. The van der Waals surface area contributed by atoms with Crippen LogP contribution in [0, 0.1) is 0 Å². The average Bonchev–Trinajstić information content (AvgIpc) is 3.01. The standard InChI is InChI=1S/C33H42N2O7/c1-37-15-4-13-35-14-16-40-31-12-7-24(19-29(31)35)23-41-32-22-34-21-30(36)33(32)25-8-10-26(11-9-25)42-28-6-3-5-27(20-28)39-18-17-38-2/h3,5-12,19-20,30,32-34,36H,4,13-18,21-23H2,1-2H3. The third-order valence-corrected chi connectivity index (χ3v) is 7.60. The molecule has 0 amide bonds. The molecule has 3 unspecified atom stereocenters. The molecule has 2 aliphatic rings. The Labute approximate surface area is 248 Å². The van der Waals surface area contributed by atoms with Gasteiger partial charge in [-0.05, 0) is 53.9 Å². The first-order valence-electron chi connectivity index (χ1n) is 14.6. The van der Waals surface area contributed by atoms with E-state index in [-0.39, 0.29) is 12.0 Å². The summed E-state index contributed by atoms with van der Waals surface area (Å²) in [4.78, 5) is 2.35. The molecule has 0 aliphatic carbocycles. The zero-order chi connectivity index (χ0) is 29.1. The van der Waals surface area contributed by atoms with Gasteiger partial charge in [-0.3, -0.25) is 0 Å². The van der Waals surface area contributed by atoms with E-state index in [0.717, 1.165) is 54.4 Å². The molecule has 3 aromatic rings. The van der Waals surface area contributed by atoms with Crippen LogP contribution in [-0.2, 0) is 20.8 Å². The highest BCUT2D eigenvalue weighted by Gasteiger charge is 2.34. The van der Waals surface area contributed by atoms with Crippen molar-refractivity contribution in [3.8, 4) is 23.0 Å². The highest BCUT2D eigenvalue weighted by Crippen LogP contribution is 2.35. The number of fused-ring (bicyclic) bond motifs is 1. The van der Waals surface area contributed by atoms with Crippen molar-refractivity contribution in [2.45, 2.75) is 31.2 Å². The van der Waals surface area contributed by atoms with E-state index < -0.39 is 6.10 Å². The zero-order valence-corrected chi connectivity index (χ0v) is 24.5. The van der Waals surface area contributed by atoms with Gasteiger partial charge in [0.15, 0.2) is 0 Å². The monoisotopic (exact) mass is 578 g/mol. The van der Waals surface area contributed by atoms with Crippen LogP contribution in [0.15, 0.2) is 66.7 Å². The van der Waals surface area contributed by atoms with Gasteiger partial charge in [0.2, 0.25) is 0 Å². The quantitative estimate of drug-likeness (QED) is 0.271. The predicted molar refractivity (Wildman–Crippen MR) is 161 cm³/mol. The van der Waals surface area contributed by atoms with Gasteiger partial charge >= 0.3 is 0 Å². The Kier molecular flexibility index (Phi) is 10.9. The molecule has 5 rings (SSSR count). The van der Waals surface area contributed by atoms with Gasteiger partial charge in [0, 0.05) is 52.4 Å². The van der Waals surface area contributed by atoms with Gasteiger partial charge in [0.25, 0.3) is 0 Å². The summed E-state index contributed by atoms with van der Waals surface area (Å²) < 4.78 is 34.4. The maximum Gasteiger partial charge on any atom is 0.142 e. The maximum absolute atomic E-state index is 11.0. The minimum Gasteiger partial charge on any atom is -0.491 e. The van der Waals surface area contributed by atoms with Gasteiger partial charge in [0.05, 0.1) is 37.7 Å². The van der Waals surface area contributed by atoms with Crippen LogP contribution in [0.3, 0.4) is 0 Å². The van der Waals surface area contributed by atoms with E-state index in [1.54, 1.807) is 14.2 Å². The fraction of sp³-hybridized carbons (Fsp3) is 0.455. The summed E-state index contributed by atoms with van der Waals surface area (Å²) in [5.41, 5.74) is 3.19. The average molecular weight is 579 g/mol. The number of hydrogen-bond donors (Lipinski definition) is 2. The van der Waals surface area contributed by atoms with Crippen LogP contribution in [0.4, 0.5) is 5.69 Å². The second-order valence-corrected chi connectivity index (χ2v) is 10.6. The molecular formula is C33H42N2O7. The summed E-state index contributed by atoms with van der Waals surface area (Å²) in [6.45, 7) is 5.82. The number of rotatable bonds is 14. The lowest BCUT2D eigenvalue weighted by Gasteiger charge is -2.36. The number of benzene rings is 3. The SMILES string of the molecule is COCCCN1CCOc2ccc(COC3CNCC(O)C3c3ccc(Oc4cccc(OCCOC)c4)cc3)cc21. The Morgan fingerprint density at radius 1 is 0.905 bits per heavy atom. The van der Waals surface area contributed by atoms with Gasteiger partial charge < -0.3 is 43.7 Å². The number of aliphatic hydroxyl groups excluding tert-OH is 1. The molecule has 2 heterocycles. The lowest BCUT2D eigenvalue weighted by atomic mass is 9.85. The number of hydrogen-bond acceptors (Lipinski definition) is 9. The molecule has 42 heavy (non-hydrogen) atoms. The molecule has 2 N–H and O–H groups in total. The third kappa shape index (κ3) is 7.93. The van der Waals surface area contributed by atoms with Crippen LogP contribution in [-0.4, -0.2) is 84.1 Å². The van der Waals surface area contributed by atoms with Gasteiger partial charge in [-0.1, -0.05) is 24.3 Å². The van der Waals surface area contributed by atoms with E-state index >= 15 is 0 Å². The summed E-state index contributed by atoms with van der Waals surface area (Å²) in [5.74, 6) is 2.87. The molecule has 0 aromatic heterocycles. The summed E-state index contributed by atoms with van der Waals surface area (Å²) in [7, 11) is 3.38. The number of ether oxygens (including phenoxy) is 6. The van der Waals surface area contributed by atoms with E-state index in [1.807, 2.05) is 54.6 Å². The van der Waals surface area contributed by atoms with Crippen LogP contribution < -0.4 is 24.4 Å². The van der Waals surface area contributed by atoms with Gasteiger partial charge in [0.1, 0.15) is 36.2 Å². The molecule has 0 bridgehead atoms. The number of aliphatic hydroxyl groups is 1. The molecule has 1 saturated heterocycles. The molecule has 0 saturated carbocycles. The summed E-state index contributed by atoms with van der Waals surface area (Å²) in [6, 6.07) is 21.7. The molecule has 0 radical (unpaired) electrons. The molecule has 0 spiro atoms. The number of methoxy groups -OCH3 is 2. The lowest BCUT2D eigenvalue weighted by Crippen LogP contribution is -2.49. The van der Waals surface area contributed by atoms with E-state index in [9.17, 15) is 5.11 Å². The Balaban J connectivity index is 1.22. The van der Waals surface area contributed by atoms with E-state index in [2.05, 4.69) is 22.3 Å². The molecule has 9 heteroatoms. The van der Waals surface area contributed by atoms with Gasteiger partial charge in [-0.2, -0.15) is 0 Å². The zero-order valence-electron chi connectivity index (χ0n) is 24.5. The normalized spacial score (nSPS) is 20.1. The number of nitrogens with one attached hydrogen (secondary N) is 1. The van der Waals surface area contributed by atoms with Crippen molar-refractivity contribution in [3.63, 3.8) is 0 Å². The Morgan fingerprint density at radius 3 is 2.57 bits per heavy atom. The van der Waals surface area contributed by atoms with Crippen molar-refractivity contribution < 1.29 is 33.5 Å². The number of β-amino-alcohol motifs (C(OH)–C–C–N with tert-alkyl or cyclic N) is 1. The van der Waals surface area contributed by atoms with Crippen molar-refractivity contribution in [2.24, 2.45) is 0 Å². The van der Waals surface area contributed by atoms with E-state index in [1.165, 1.54) is 0 Å². The first kappa shape index (κ1) is 30.1. The molecule has 3 aromatic carbocycles. The molecule has 226 valence electrons. The van der Waals surface area contributed by atoms with Crippen molar-refractivity contribution in [1.29, 1.82) is 0 Å². The topological polar surface area (TPSA) is 90.9 Å². The van der Waals surface area contributed by atoms with Gasteiger partial charge in [-0.15, -0.1) is 0 Å². The third-order valence-electron chi connectivity index (χ3n) is 7.60. The largest absolute Gasteiger partial charge is 0.491 e. The van der Waals surface area contributed by atoms with Crippen molar-refractivity contribution >= 4 is 5.69 Å². The van der Waals surface area contributed by atoms with Crippen LogP contribution in [0.2, 0.25) is 0 Å². The number of piperidine rings is 1. The Bertz CT molecular complexity index is 1260. The highest BCUT2D eigenvalue weighted by molar-refractivity contribution is 5.61. The van der Waals surface area contributed by atoms with Gasteiger partial charge in [-0.25, -0.2) is 0 Å². The minimum absolute atomic E-state index is 0.163. The molecule has 3 atom stereocenters.